The summed E-state index contributed by atoms with van der Waals surface area (Å²) in [5.74, 6) is 1.18. The molecule has 0 aliphatic carbocycles. The molecule has 0 radical (unpaired) electrons. The molecule has 7 heteroatoms. The number of nitrogens with zero attached hydrogens (tertiary/aromatic N) is 1. The van der Waals surface area contributed by atoms with E-state index in [-0.39, 0.29) is 23.9 Å². The van der Waals surface area contributed by atoms with Gasteiger partial charge in [-0.3, -0.25) is 4.79 Å². The van der Waals surface area contributed by atoms with Crippen molar-refractivity contribution in [1.82, 2.24) is 4.90 Å². The maximum Gasteiger partial charge on any atom is 0.236 e. The normalized spacial score (nSPS) is 12.9. The van der Waals surface area contributed by atoms with Crippen LogP contribution >= 0.6 is 15.9 Å². The van der Waals surface area contributed by atoms with Gasteiger partial charge in [0.1, 0.15) is 11.5 Å². The van der Waals surface area contributed by atoms with Crippen molar-refractivity contribution in [3.8, 4) is 11.5 Å². The van der Waals surface area contributed by atoms with Gasteiger partial charge >= 0.3 is 0 Å². The number of ether oxygens (including phenoxy) is 3. The van der Waals surface area contributed by atoms with E-state index in [4.69, 9.17) is 14.2 Å². The van der Waals surface area contributed by atoms with E-state index in [1.54, 1.807) is 32.1 Å². The summed E-state index contributed by atoms with van der Waals surface area (Å²) in [4.78, 5) is 13.9. The van der Waals surface area contributed by atoms with Gasteiger partial charge in [-0.05, 0) is 24.6 Å². The summed E-state index contributed by atoms with van der Waals surface area (Å²) >= 11 is 3.33. The first-order valence-corrected chi connectivity index (χ1v) is 10.3. The largest absolute Gasteiger partial charge is 0.497 e. The Hall–Kier alpha value is -2.09. The number of alkyl halides is 1. The molecule has 0 aliphatic rings. The molecule has 2 aromatic rings. The van der Waals surface area contributed by atoms with Crippen LogP contribution in [0.3, 0.4) is 0 Å². The molecule has 29 heavy (non-hydrogen) atoms. The number of aliphatic hydroxyl groups excluding tert-OH is 1. The van der Waals surface area contributed by atoms with Crippen LogP contribution in [0.25, 0.3) is 0 Å². The van der Waals surface area contributed by atoms with Gasteiger partial charge in [-0.2, -0.15) is 0 Å². The number of benzene rings is 2. The lowest BCUT2D eigenvalue weighted by molar-refractivity contribution is -0.133. The Kier molecular flexibility index (Phi) is 9.44. The second-order valence-corrected chi connectivity index (χ2v) is 8.04. The zero-order chi connectivity index (χ0) is 21.2. The molecule has 6 nitrogen and oxygen atoms in total. The van der Waals surface area contributed by atoms with E-state index in [1.165, 1.54) is 0 Å². The van der Waals surface area contributed by atoms with Crippen molar-refractivity contribution in [3.05, 3.63) is 59.7 Å². The van der Waals surface area contributed by atoms with E-state index >= 15 is 0 Å². The van der Waals surface area contributed by atoms with Crippen molar-refractivity contribution in [2.24, 2.45) is 0 Å². The third-order valence-electron chi connectivity index (χ3n) is 4.36. The molecule has 0 saturated carbocycles. The SMILES string of the molecule is COc1ccc(CN(CC(O)COCc2ccccc2)C(=O)C(C)Br)c(OC)c1. The van der Waals surface area contributed by atoms with Crippen LogP contribution in [-0.4, -0.2) is 54.2 Å². The first kappa shape index (κ1) is 23.2. The van der Waals surface area contributed by atoms with Gasteiger partial charge in [-0.1, -0.05) is 46.3 Å². The summed E-state index contributed by atoms with van der Waals surface area (Å²) in [5, 5.41) is 10.4. The zero-order valence-corrected chi connectivity index (χ0v) is 18.6. The van der Waals surface area contributed by atoms with E-state index in [2.05, 4.69) is 15.9 Å². The molecule has 2 rings (SSSR count). The minimum atomic E-state index is -0.807. The fourth-order valence-corrected chi connectivity index (χ4v) is 3.16. The van der Waals surface area contributed by atoms with Crippen LogP contribution in [0.15, 0.2) is 48.5 Å². The Morgan fingerprint density at radius 1 is 1.14 bits per heavy atom. The highest BCUT2D eigenvalue weighted by molar-refractivity contribution is 9.10. The molecular formula is C22H28BrNO5. The van der Waals surface area contributed by atoms with Crippen LogP contribution in [0.5, 0.6) is 11.5 Å². The zero-order valence-electron chi connectivity index (χ0n) is 17.0. The average Bonchev–Trinajstić information content (AvgIpc) is 2.73. The highest BCUT2D eigenvalue weighted by atomic mass is 79.9. The predicted octanol–water partition coefficient (Wildman–Crippen LogP) is 3.39. The van der Waals surface area contributed by atoms with E-state index in [9.17, 15) is 9.90 Å². The molecule has 2 unspecified atom stereocenters. The van der Waals surface area contributed by atoms with E-state index in [0.717, 1.165) is 11.1 Å². The van der Waals surface area contributed by atoms with Gasteiger partial charge in [0.15, 0.2) is 0 Å². The van der Waals surface area contributed by atoms with Crippen LogP contribution in [0.4, 0.5) is 0 Å². The Morgan fingerprint density at radius 3 is 2.48 bits per heavy atom. The molecule has 1 N–H and O–H groups in total. The van der Waals surface area contributed by atoms with Crippen molar-refractivity contribution >= 4 is 21.8 Å². The fraction of sp³-hybridized carbons (Fsp3) is 0.409. The van der Waals surface area contributed by atoms with E-state index in [0.29, 0.717) is 24.7 Å². The molecule has 2 atom stereocenters. The number of hydrogen-bond donors (Lipinski definition) is 1. The second kappa shape index (κ2) is 11.8. The molecule has 0 heterocycles. The van der Waals surface area contributed by atoms with Crippen molar-refractivity contribution in [2.45, 2.75) is 31.0 Å². The molecule has 0 aromatic heterocycles. The molecule has 0 aliphatic heterocycles. The lowest BCUT2D eigenvalue weighted by atomic mass is 10.1. The fourth-order valence-electron chi connectivity index (χ4n) is 2.87. The molecule has 158 valence electrons. The van der Waals surface area contributed by atoms with Crippen LogP contribution in [0, 0.1) is 0 Å². The topological polar surface area (TPSA) is 68.2 Å². The maximum atomic E-state index is 12.7. The van der Waals surface area contributed by atoms with Crippen molar-refractivity contribution in [1.29, 1.82) is 0 Å². The molecule has 0 saturated heterocycles. The van der Waals surface area contributed by atoms with Crippen molar-refractivity contribution in [3.63, 3.8) is 0 Å². The minimum absolute atomic E-state index is 0.120. The van der Waals surface area contributed by atoms with Gasteiger partial charge in [0.25, 0.3) is 0 Å². The first-order valence-electron chi connectivity index (χ1n) is 9.38. The quantitative estimate of drug-likeness (QED) is 0.515. The number of carbonyl (C=O) groups is 1. The van der Waals surface area contributed by atoms with Crippen LogP contribution in [-0.2, 0) is 22.7 Å². The summed E-state index contributed by atoms with van der Waals surface area (Å²) in [6.07, 6.45) is -0.807. The third kappa shape index (κ3) is 7.34. The second-order valence-electron chi connectivity index (χ2n) is 6.67. The number of carbonyl (C=O) groups excluding carboxylic acids is 1. The Bertz CT molecular complexity index is 769. The number of hydrogen-bond acceptors (Lipinski definition) is 5. The van der Waals surface area contributed by atoms with Gasteiger partial charge in [0.05, 0.1) is 38.4 Å². The van der Waals surface area contributed by atoms with E-state index in [1.807, 2.05) is 42.5 Å². The lowest BCUT2D eigenvalue weighted by Crippen LogP contribution is -2.41. The highest BCUT2D eigenvalue weighted by Crippen LogP contribution is 2.26. The highest BCUT2D eigenvalue weighted by Gasteiger charge is 2.23. The summed E-state index contributed by atoms with van der Waals surface area (Å²) < 4.78 is 16.3. The monoisotopic (exact) mass is 465 g/mol. The lowest BCUT2D eigenvalue weighted by Gasteiger charge is -2.27. The maximum absolute atomic E-state index is 12.7. The minimum Gasteiger partial charge on any atom is -0.497 e. The van der Waals surface area contributed by atoms with Crippen LogP contribution in [0.2, 0.25) is 0 Å². The number of rotatable bonds is 11. The first-order chi connectivity index (χ1) is 13.9. The number of methoxy groups -OCH3 is 2. The molecular weight excluding hydrogens is 438 g/mol. The third-order valence-corrected chi connectivity index (χ3v) is 4.75. The van der Waals surface area contributed by atoms with Gasteiger partial charge in [-0.25, -0.2) is 0 Å². The van der Waals surface area contributed by atoms with Gasteiger partial charge in [0.2, 0.25) is 5.91 Å². The smallest absolute Gasteiger partial charge is 0.236 e. The van der Waals surface area contributed by atoms with Gasteiger partial charge in [-0.15, -0.1) is 0 Å². The van der Waals surface area contributed by atoms with E-state index < -0.39 is 6.10 Å². The number of amides is 1. The summed E-state index contributed by atoms with van der Waals surface area (Å²) in [6, 6.07) is 15.2. The summed E-state index contributed by atoms with van der Waals surface area (Å²) in [5.41, 5.74) is 1.86. The van der Waals surface area contributed by atoms with Crippen LogP contribution in [0.1, 0.15) is 18.1 Å². The molecule has 2 aromatic carbocycles. The number of halogens is 1. The molecule has 0 bridgehead atoms. The molecule has 1 amide bonds. The van der Waals surface area contributed by atoms with Gasteiger partial charge in [0, 0.05) is 24.7 Å². The Balaban J connectivity index is 2.01. The average molecular weight is 466 g/mol. The predicted molar refractivity (Wildman–Crippen MR) is 115 cm³/mol. The molecule has 0 fully saturated rings. The standard InChI is InChI=1S/C22H28BrNO5/c1-16(23)22(26)24(12-18-9-10-20(27-2)11-21(18)28-3)13-19(25)15-29-14-17-7-5-4-6-8-17/h4-11,16,19,25H,12-15H2,1-3H3. The Morgan fingerprint density at radius 2 is 1.86 bits per heavy atom. The Labute approximate surface area is 180 Å². The molecule has 0 spiro atoms. The number of aliphatic hydroxyl groups is 1. The van der Waals surface area contributed by atoms with Gasteiger partial charge < -0.3 is 24.2 Å². The van der Waals surface area contributed by atoms with Crippen LogP contribution < -0.4 is 9.47 Å². The van der Waals surface area contributed by atoms with Crippen molar-refractivity contribution in [2.75, 3.05) is 27.4 Å². The summed E-state index contributed by atoms with van der Waals surface area (Å²) in [7, 11) is 3.16. The summed E-state index contributed by atoms with van der Waals surface area (Å²) in [6.45, 7) is 2.76. The van der Waals surface area contributed by atoms with Crippen molar-refractivity contribution < 1.29 is 24.1 Å².